The average Bonchev–Trinajstić information content (AvgIpc) is 3.05. The van der Waals surface area contributed by atoms with Gasteiger partial charge in [-0.05, 0) is 23.6 Å². The summed E-state index contributed by atoms with van der Waals surface area (Å²) < 4.78 is 5.32. The van der Waals surface area contributed by atoms with Crippen LogP contribution in [-0.2, 0) is 4.74 Å². The molecule has 0 bridgehead atoms. The zero-order valence-corrected chi connectivity index (χ0v) is 14.4. The van der Waals surface area contributed by atoms with Gasteiger partial charge in [-0.3, -0.25) is 9.89 Å². The summed E-state index contributed by atoms with van der Waals surface area (Å²) in [4.78, 5) is 14.4. The molecule has 1 aliphatic rings. The van der Waals surface area contributed by atoms with Crippen molar-refractivity contribution in [3.05, 3.63) is 41.0 Å². The Morgan fingerprint density at radius 3 is 2.60 bits per heavy atom. The molecule has 2 N–H and O–H groups in total. The molecule has 0 aliphatic carbocycles. The molecule has 0 radical (unpaired) electrons. The minimum Gasteiger partial charge on any atom is -0.378 e. The lowest BCUT2D eigenvalue weighted by atomic mass is 10.0. The lowest BCUT2D eigenvalue weighted by Crippen LogP contribution is -2.36. The van der Waals surface area contributed by atoms with Gasteiger partial charge in [0.2, 0.25) is 0 Å². The van der Waals surface area contributed by atoms with Crippen molar-refractivity contribution in [2.75, 3.05) is 36.5 Å². The number of rotatable bonds is 4. The molecule has 1 amide bonds. The molecule has 1 fully saturated rings. The molecule has 1 aliphatic heterocycles. The van der Waals surface area contributed by atoms with Crippen LogP contribution in [0.15, 0.2) is 24.3 Å². The summed E-state index contributed by atoms with van der Waals surface area (Å²) in [5.41, 5.74) is 2.05. The van der Waals surface area contributed by atoms with Gasteiger partial charge in [0, 0.05) is 18.7 Å². The topological polar surface area (TPSA) is 94.0 Å². The molecule has 0 unspecified atom stereocenters. The maximum atomic E-state index is 12.4. The fraction of sp³-hybridized carbons (Fsp3) is 0.389. The van der Waals surface area contributed by atoms with Crippen molar-refractivity contribution in [1.29, 1.82) is 5.26 Å². The Morgan fingerprint density at radius 1 is 1.32 bits per heavy atom. The fourth-order valence-electron chi connectivity index (χ4n) is 2.74. The monoisotopic (exact) mass is 339 g/mol. The maximum Gasteiger partial charge on any atom is 0.256 e. The first-order chi connectivity index (χ1) is 12.1. The van der Waals surface area contributed by atoms with E-state index in [0.29, 0.717) is 55.0 Å². The number of hydrogen-bond acceptors (Lipinski definition) is 5. The zero-order chi connectivity index (χ0) is 17.8. The third-order valence-electron chi connectivity index (χ3n) is 4.25. The minimum atomic E-state index is -0.274. The van der Waals surface area contributed by atoms with Crippen molar-refractivity contribution in [1.82, 2.24) is 10.2 Å². The largest absolute Gasteiger partial charge is 0.378 e. The Labute approximate surface area is 146 Å². The van der Waals surface area contributed by atoms with E-state index in [1.807, 2.05) is 17.0 Å². The van der Waals surface area contributed by atoms with Crippen LogP contribution in [0.3, 0.4) is 0 Å². The molecule has 0 spiro atoms. The van der Waals surface area contributed by atoms with Crippen LogP contribution in [0.4, 0.5) is 11.6 Å². The number of nitriles is 1. The molecule has 2 aromatic rings. The Kier molecular flexibility index (Phi) is 5.00. The standard InChI is InChI=1S/C18H21N5O2/c1-12(2)13-3-5-14(6-4-13)18(24)20-16-15(11-19)17(22-21-16)23-7-9-25-10-8-23/h3-6,12H,7-10H2,1-2H3,(H2,20,21,22,24). The van der Waals surface area contributed by atoms with Gasteiger partial charge in [0.15, 0.2) is 5.82 Å². The number of anilines is 2. The predicted molar refractivity (Wildman–Crippen MR) is 94.8 cm³/mol. The van der Waals surface area contributed by atoms with Crippen LogP contribution in [0.5, 0.6) is 0 Å². The van der Waals surface area contributed by atoms with Crippen LogP contribution in [0, 0.1) is 11.3 Å². The van der Waals surface area contributed by atoms with E-state index in [0.717, 1.165) is 0 Å². The maximum absolute atomic E-state index is 12.4. The third-order valence-corrected chi connectivity index (χ3v) is 4.25. The van der Waals surface area contributed by atoms with Crippen molar-refractivity contribution in [3.63, 3.8) is 0 Å². The number of aromatic amines is 1. The van der Waals surface area contributed by atoms with Gasteiger partial charge in [-0.2, -0.15) is 10.4 Å². The number of H-pyrrole nitrogens is 1. The number of morpholine rings is 1. The number of aromatic nitrogens is 2. The molecular weight excluding hydrogens is 318 g/mol. The number of carbonyl (C=O) groups excluding carboxylic acids is 1. The average molecular weight is 339 g/mol. The van der Waals surface area contributed by atoms with Gasteiger partial charge in [-0.1, -0.05) is 26.0 Å². The second-order valence-corrected chi connectivity index (χ2v) is 6.24. The van der Waals surface area contributed by atoms with E-state index < -0.39 is 0 Å². The van der Waals surface area contributed by atoms with Gasteiger partial charge in [0.25, 0.3) is 5.91 Å². The first kappa shape index (κ1) is 17.0. The van der Waals surface area contributed by atoms with E-state index in [1.165, 1.54) is 5.56 Å². The van der Waals surface area contributed by atoms with Gasteiger partial charge in [0.1, 0.15) is 17.5 Å². The Balaban J connectivity index is 1.77. The van der Waals surface area contributed by atoms with E-state index in [4.69, 9.17) is 4.74 Å². The summed E-state index contributed by atoms with van der Waals surface area (Å²) >= 11 is 0. The highest BCUT2D eigenvalue weighted by Crippen LogP contribution is 2.25. The van der Waals surface area contributed by atoms with Crippen molar-refractivity contribution >= 4 is 17.5 Å². The van der Waals surface area contributed by atoms with Crippen molar-refractivity contribution < 1.29 is 9.53 Å². The van der Waals surface area contributed by atoms with Gasteiger partial charge < -0.3 is 15.0 Å². The zero-order valence-electron chi connectivity index (χ0n) is 14.4. The molecule has 1 saturated heterocycles. The Bertz CT molecular complexity index is 783. The Hall–Kier alpha value is -2.85. The number of benzene rings is 1. The second kappa shape index (κ2) is 7.36. The second-order valence-electron chi connectivity index (χ2n) is 6.24. The third kappa shape index (κ3) is 3.64. The fourth-order valence-corrected chi connectivity index (χ4v) is 2.74. The SMILES string of the molecule is CC(C)c1ccc(C(=O)Nc2[nH]nc(N3CCOCC3)c2C#N)cc1. The number of nitrogens with zero attached hydrogens (tertiary/aromatic N) is 3. The van der Waals surface area contributed by atoms with E-state index in [1.54, 1.807) is 12.1 Å². The summed E-state index contributed by atoms with van der Waals surface area (Å²) in [6.07, 6.45) is 0. The highest BCUT2D eigenvalue weighted by molar-refractivity contribution is 6.04. The van der Waals surface area contributed by atoms with E-state index >= 15 is 0 Å². The summed E-state index contributed by atoms with van der Waals surface area (Å²) in [6.45, 7) is 6.74. The molecule has 130 valence electrons. The van der Waals surface area contributed by atoms with Crippen LogP contribution in [-0.4, -0.2) is 42.4 Å². The summed E-state index contributed by atoms with van der Waals surface area (Å²) in [5.74, 6) is 1.01. The summed E-state index contributed by atoms with van der Waals surface area (Å²) in [5, 5.41) is 19.2. The molecule has 1 aromatic carbocycles. The molecule has 25 heavy (non-hydrogen) atoms. The van der Waals surface area contributed by atoms with Crippen LogP contribution in [0.1, 0.15) is 41.3 Å². The predicted octanol–water partition coefficient (Wildman–Crippen LogP) is 2.49. The molecule has 3 rings (SSSR count). The minimum absolute atomic E-state index is 0.274. The summed E-state index contributed by atoms with van der Waals surface area (Å²) in [6, 6.07) is 9.59. The normalized spacial score (nSPS) is 14.4. The van der Waals surface area contributed by atoms with Gasteiger partial charge >= 0.3 is 0 Å². The van der Waals surface area contributed by atoms with Crippen LogP contribution >= 0.6 is 0 Å². The molecule has 2 heterocycles. The quantitative estimate of drug-likeness (QED) is 0.892. The highest BCUT2D eigenvalue weighted by atomic mass is 16.5. The molecular formula is C18H21N5O2. The molecule has 7 nitrogen and oxygen atoms in total. The first-order valence-corrected chi connectivity index (χ1v) is 8.32. The van der Waals surface area contributed by atoms with E-state index in [9.17, 15) is 10.1 Å². The van der Waals surface area contributed by atoms with Crippen molar-refractivity contribution in [3.8, 4) is 6.07 Å². The first-order valence-electron chi connectivity index (χ1n) is 8.32. The number of ether oxygens (including phenoxy) is 1. The van der Waals surface area contributed by atoms with Crippen LogP contribution in [0.25, 0.3) is 0 Å². The number of nitrogens with one attached hydrogen (secondary N) is 2. The summed E-state index contributed by atoms with van der Waals surface area (Å²) in [7, 11) is 0. The molecule has 7 heteroatoms. The number of hydrogen-bond donors (Lipinski definition) is 2. The van der Waals surface area contributed by atoms with Crippen molar-refractivity contribution in [2.24, 2.45) is 0 Å². The van der Waals surface area contributed by atoms with Gasteiger partial charge in [-0.15, -0.1) is 0 Å². The van der Waals surface area contributed by atoms with Crippen molar-refractivity contribution in [2.45, 2.75) is 19.8 Å². The van der Waals surface area contributed by atoms with E-state index in [2.05, 4.69) is 35.4 Å². The van der Waals surface area contributed by atoms with Gasteiger partial charge in [-0.25, -0.2) is 0 Å². The molecule has 0 atom stereocenters. The van der Waals surface area contributed by atoms with Gasteiger partial charge in [0.05, 0.1) is 13.2 Å². The van der Waals surface area contributed by atoms with Crippen LogP contribution < -0.4 is 10.2 Å². The van der Waals surface area contributed by atoms with Crippen LogP contribution in [0.2, 0.25) is 0 Å². The molecule has 1 aromatic heterocycles. The number of carbonyl (C=O) groups is 1. The highest BCUT2D eigenvalue weighted by Gasteiger charge is 2.22. The lowest BCUT2D eigenvalue weighted by molar-refractivity contribution is 0.102. The Morgan fingerprint density at radius 2 is 2.00 bits per heavy atom. The van der Waals surface area contributed by atoms with E-state index in [-0.39, 0.29) is 5.91 Å². The number of amides is 1. The smallest absolute Gasteiger partial charge is 0.256 e. The molecule has 0 saturated carbocycles. The lowest BCUT2D eigenvalue weighted by Gasteiger charge is -2.26.